The van der Waals surface area contributed by atoms with Gasteiger partial charge in [0.05, 0.1) is 11.6 Å². The van der Waals surface area contributed by atoms with Gasteiger partial charge in [-0.3, -0.25) is 19.5 Å². The second kappa shape index (κ2) is 11.1. The Morgan fingerprint density at radius 1 is 1.12 bits per heavy atom. The van der Waals surface area contributed by atoms with Gasteiger partial charge >= 0.3 is 6.09 Å². The van der Waals surface area contributed by atoms with E-state index in [1.807, 2.05) is 52.8 Å². The standard InChI is InChI=1S/C33H37N5O4/c1-21(2)10-13-33(17-22-11-14-35-15-12-22)30(40)38(28(36-33)16-27(39)24-8-6-23(18-34)7-9-24)29-25-19-37(20-26(25)29)31(41)42-32(3,4)5/h6-12,14-16,25-26,29,36H,13,17,19-20H2,1-5H3/b28-16+. The van der Waals surface area contributed by atoms with Crippen molar-refractivity contribution in [2.24, 2.45) is 11.8 Å². The number of nitrogens with zero attached hydrogens (tertiary/aromatic N) is 4. The predicted molar refractivity (Wildman–Crippen MR) is 157 cm³/mol. The Hall–Kier alpha value is -4.45. The van der Waals surface area contributed by atoms with Crippen LogP contribution in [-0.4, -0.2) is 62.8 Å². The Bertz CT molecular complexity index is 1470. The molecule has 1 aliphatic carbocycles. The summed E-state index contributed by atoms with van der Waals surface area (Å²) in [5, 5.41) is 12.6. The molecule has 1 N–H and O–H groups in total. The molecule has 3 aliphatic rings. The minimum absolute atomic E-state index is 0.0843. The molecule has 1 saturated carbocycles. The number of aromatic nitrogens is 1. The molecule has 2 aliphatic heterocycles. The van der Waals surface area contributed by atoms with Crippen LogP contribution >= 0.6 is 0 Å². The van der Waals surface area contributed by atoms with Gasteiger partial charge in [0.25, 0.3) is 5.91 Å². The lowest BCUT2D eigenvalue weighted by Gasteiger charge is -2.28. The average Bonchev–Trinajstić information content (AvgIpc) is 3.28. The lowest BCUT2D eigenvalue weighted by atomic mass is 9.87. The van der Waals surface area contributed by atoms with E-state index in [1.54, 1.807) is 46.5 Å². The fraction of sp³-hybridized carbons (Fsp3) is 0.424. The number of likely N-dealkylation sites (tertiary alicyclic amines) is 1. The van der Waals surface area contributed by atoms with Gasteiger partial charge in [0.2, 0.25) is 0 Å². The van der Waals surface area contributed by atoms with Crippen LogP contribution in [0.4, 0.5) is 4.79 Å². The lowest BCUT2D eigenvalue weighted by Crippen LogP contribution is -2.49. The van der Waals surface area contributed by atoms with Crippen LogP contribution in [-0.2, 0) is 16.0 Å². The summed E-state index contributed by atoms with van der Waals surface area (Å²) in [6, 6.07) is 12.2. The molecule has 9 nitrogen and oxygen atoms in total. The first kappa shape index (κ1) is 29.1. The highest BCUT2D eigenvalue weighted by Gasteiger charge is 2.65. The molecule has 2 amide bonds. The van der Waals surface area contributed by atoms with E-state index in [4.69, 9.17) is 10.00 Å². The van der Waals surface area contributed by atoms with Crippen molar-refractivity contribution in [3.8, 4) is 6.07 Å². The average molecular weight is 568 g/mol. The van der Waals surface area contributed by atoms with Crippen LogP contribution in [0.25, 0.3) is 0 Å². The number of carbonyl (C=O) groups is 3. The first-order valence-corrected chi connectivity index (χ1v) is 14.3. The van der Waals surface area contributed by atoms with Gasteiger partial charge in [0.1, 0.15) is 17.0 Å². The molecule has 3 heterocycles. The first-order valence-electron chi connectivity index (χ1n) is 14.3. The Morgan fingerprint density at radius 2 is 1.76 bits per heavy atom. The number of rotatable bonds is 7. The summed E-state index contributed by atoms with van der Waals surface area (Å²) in [4.78, 5) is 48.2. The van der Waals surface area contributed by atoms with Gasteiger partial charge in [0.15, 0.2) is 5.78 Å². The summed E-state index contributed by atoms with van der Waals surface area (Å²) >= 11 is 0. The predicted octanol–water partition coefficient (Wildman–Crippen LogP) is 4.61. The molecule has 5 rings (SSSR count). The van der Waals surface area contributed by atoms with Crippen LogP contribution in [0.2, 0.25) is 0 Å². The number of allylic oxidation sites excluding steroid dienone is 2. The quantitative estimate of drug-likeness (QED) is 0.295. The Morgan fingerprint density at radius 3 is 2.33 bits per heavy atom. The number of ketones is 1. The third-order valence-electron chi connectivity index (χ3n) is 8.03. The summed E-state index contributed by atoms with van der Waals surface area (Å²) in [7, 11) is 0. The van der Waals surface area contributed by atoms with E-state index in [2.05, 4.69) is 16.4 Å². The molecule has 2 saturated heterocycles. The molecular formula is C33H37N5O4. The molecule has 1 aromatic carbocycles. The second-order valence-electron chi connectivity index (χ2n) is 12.7. The topological polar surface area (TPSA) is 116 Å². The van der Waals surface area contributed by atoms with Gasteiger partial charge in [0, 0.05) is 61.4 Å². The minimum Gasteiger partial charge on any atom is -0.444 e. The Balaban J connectivity index is 1.47. The molecule has 1 aromatic heterocycles. The van der Waals surface area contributed by atoms with E-state index in [1.165, 1.54) is 6.08 Å². The first-order chi connectivity index (χ1) is 19.9. The second-order valence-corrected chi connectivity index (χ2v) is 12.7. The molecule has 9 heteroatoms. The number of piperidine rings is 1. The van der Waals surface area contributed by atoms with Crippen LogP contribution in [0.5, 0.6) is 0 Å². The fourth-order valence-corrected chi connectivity index (χ4v) is 5.93. The number of ether oxygens (including phenoxy) is 1. The zero-order valence-electron chi connectivity index (χ0n) is 24.8. The molecule has 0 radical (unpaired) electrons. The maximum absolute atomic E-state index is 14.5. The maximum atomic E-state index is 14.5. The monoisotopic (exact) mass is 567 g/mol. The van der Waals surface area contributed by atoms with E-state index in [9.17, 15) is 14.4 Å². The molecular weight excluding hydrogens is 530 g/mol. The summed E-state index contributed by atoms with van der Waals surface area (Å²) in [5.41, 5.74) is 1.37. The number of pyridine rings is 1. The highest BCUT2D eigenvalue weighted by atomic mass is 16.6. The van der Waals surface area contributed by atoms with Crippen molar-refractivity contribution in [1.29, 1.82) is 5.26 Å². The SMILES string of the molecule is CC(C)=CCC1(Cc2ccncc2)N/C(=C\C(=O)c2ccc(C#N)cc2)N(C2C3CN(C(=O)OC(C)(C)C)CC32)C1=O. The summed E-state index contributed by atoms with van der Waals surface area (Å²) in [6.07, 6.45) is 7.49. The van der Waals surface area contributed by atoms with Gasteiger partial charge in [-0.25, -0.2) is 4.79 Å². The smallest absolute Gasteiger partial charge is 0.410 e. The Kier molecular flexibility index (Phi) is 7.67. The van der Waals surface area contributed by atoms with Crippen LogP contribution in [0, 0.1) is 23.2 Å². The number of hydrogen-bond donors (Lipinski definition) is 1. The van der Waals surface area contributed by atoms with Gasteiger partial charge in [-0.05, 0) is 83.0 Å². The number of carbonyl (C=O) groups excluding carboxylic acids is 3. The minimum atomic E-state index is -0.989. The van der Waals surface area contributed by atoms with E-state index < -0.39 is 11.1 Å². The molecule has 3 unspecified atom stereocenters. The fourth-order valence-electron chi connectivity index (χ4n) is 5.93. The zero-order valence-corrected chi connectivity index (χ0v) is 24.8. The van der Waals surface area contributed by atoms with Crippen LogP contribution in [0.1, 0.15) is 62.5 Å². The Labute approximate surface area is 246 Å². The highest BCUT2D eigenvalue weighted by molar-refractivity contribution is 6.06. The third kappa shape index (κ3) is 5.94. The number of benzene rings is 1. The molecule has 3 atom stereocenters. The summed E-state index contributed by atoms with van der Waals surface area (Å²) < 4.78 is 5.57. The van der Waals surface area contributed by atoms with Crippen molar-refractivity contribution in [3.05, 3.63) is 89.0 Å². The van der Waals surface area contributed by atoms with Crippen molar-refractivity contribution >= 4 is 17.8 Å². The molecule has 42 heavy (non-hydrogen) atoms. The van der Waals surface area contributed by atoms with Crippen molar-refractivity contribution in [3.63, 3.8) is 0 Å². The van der Waals surface area contributed by atoms with E-state index in [0.717, 1.165) is 11.1 Å². The molecule has 0 bridgehead atoms. The van der Waals surface area contributed by atoms with E-state index in [0.29, 0.717) is 42.9 Å². The molecule has 218 valence electrons. The highest BCUT2D eigenvalue weighted by Crippen LogP contribution is 2.52. The number of amides is 2. The molecule has 3 fully saturated rings. The molecule has 0 spiro atoms. The van der Waals surface area contributed by atoms with Crippen molar-refractivity contribution < 1.29 is 19.1 Å². The molecule has 2 aromatic rings. The van der Waals surface area contributed by atoms with Gasteiger partial charge in [-0.15, -0.1) is 0 Å². The van der Waals surface area contributed by atoms with Crippen molar-refractivity contribution in [2.75, 3.05) is 13.1 Å². The summed E-state index contributed by atoms with van der Waals surface area (Å²) in [5.74, 6) is 0.310. The zero-order chi connectivity index (χ0) is 30.2. The number of hydrogen-bond acceptors (Lipinski definition) is 7. The maximum Gasteiger partial charge on any atom is 0.410 e. The van der Waals surface area contributed by atoms with Crippen LogP contribution < -0.4 is 5.32 Å². The normalized spacial score (nSPS) is 25.5. The number of nitriles is 1. The number of fused-ring (bicyclic) bond motifs is 1. The largest absolute Gasteiger partial charge is 0.444 e. The van der Waals surface area contributed by atoms with E-state index >= 15 is 0 Å². The third-order valence-corrected chi connectivity index (χ3v) is 8.03. The van der Waals surface area contributed by atoms with Crippen molar-refractivity contribution in [2.45, 2.75) is 64.6 Å². The van der Waals surface area contributed by atoms with E-state index in [-0.39, 0.29) is 35.7 Å². The lowest BCUT2D eigenvalue weighted by molar-refractivity contribution is -0.132. The van der Waals surface area contributed by atoms with Gasteiger partial charge in [-0.1, -0.05) is 11.6 Å². The van der Waals surface area contributed by atoms with Gasteiger partial charge < -0.3 is 15.0 Å². The van der Waals surface area contributed by atoms with Crippen molar-refractivity contribution in [1.82, 2.24) is 20.1 Å². The summed E-state index contributed by atoms with van der Waals surface area (Å²) in [6.45, 7) is 10.5. The van der Waals surface area contributed by atoms with Gasteiger partial charge in [-0.2, -0.15) is 5.26 Å². The van der Waals surface area contributed by atoms with Crippen LogP contribution in [0.15, 0.2) is 72.3 Å². The van der Waals surface area contributed by atoms with Crippen LogP contribution in [0.3, 0.4) is 0 Å². The number of nitrogens with one attached hydrogen (secondary N) is 1.